The molecule has 0 aromatic heterocycles. The van der Waals surface area contributed by atoms with Crippen molar-refractivity contribution >= 4 is 0 Å². The normalized spacial score (nSPS) is 19.3. The van der Waals surface area contributed by atoms with Gasteiger partial charge < -0.3 is 24.1 Å². The minimum atomic E-state index is -0.659. The third-order valence-electron chi connectivity index (χ3n) is 2.52. The Bertz CT molecular complexity index is 364. The van der Waals surface area contributed by atoms with Crippen LogP contribution in [0.5, 0.6) is 11.5 Å². The molecule has 0 spiro atoms. The molecule has 2 atom stereocenters. The molecule has 1 aromatic carbocycles. The third kappa shape index (κ3) is 4.18. The van der Waals surface area contributed by atoms with Crippen molar-refractivity contribution in [2.75, 3.05) is 33.5 Å². The Labute approximate surface area is 106 Å². The summed E-state index contributed by atoms with van der Waals surface area (Å²) in [5, 5.41) is 9.68. The van der Waals surface area contributed by atoms with Crippen molar-refractivity contribution in [3.05, 3.63) is 24.3 Å². The first-order chi connectivity index (χ1) is 8.79. The molecule has 0 radical (unpaired) electrons. The average Bonchev–Trinajstić information content (AvgIpc) is 3.21. The van der Waals surface area contributed by atoms with E-state index in [1.807, 2.05) is 18.2 Å². The molecule has 0 amide bonds. The molecule has 100 valence electrons. The molecule has 0 saturated carbocycles. The van der Waals surface area contributed by atoms with Crippen LogP contribution in [0.3, 0.4) is 0 Å². The SMILES string of the molecule is COc1ccccc1OCC(O)COCC1CO1. The number of rotatable bonds is 8. The average molecular weight is 254 g/mol. The lowest BCUT2D eigenvalue weighted by Gasteiger charge is -2.14. The Morgan fingerprint density at radius 3 is 2.72 bits per heavy atom. The van der Waals surface area contributed by atoms with Crippen LogP contribution in [-0.4, -0.2) is 50.9 Å². The van der Waals surface area contributed by atoms with Crippen LogP contribution in [-0.2, 0) is 9.47 Å². The molecule has 1 N–H and O–H groups in total. The number of aliphatic hydroxyl groups is 1. The van der Waals surface area contributed by atoms with Crippen LogP contribution in [0, 0.1) is 0 Å². The monoisotopic (exact) mass is 254 g/mol. The van der Waals surface area contributed by atoms with Gasteiger partial charge in [0.1, 0.15) is 18.8 Å². The minimum absolute atomic E-state index is 0.173. The summed E-state index contributed by atoms with van der Waals surface area (Å²) in [4.78, 5) is 0. The smallest absolute Gasteiger partial charge is 0.161 e. The van der Waals surface area contributed by atoms with Gasteiger partial charge in [0.2, 0.25) is 0 Å². The van der Waals surface area contributed by atoms with Crippen LogP contribution < -0.4 is 9.47 Å². The van der Waals surface area contributed by atoms with E-state index < -0.39 is 6.10 Å². The molecule has 5 nitrogen and oxygen atoms in total. The molecule has 1 aliphatic rings. The number of hydrogen-bond acceptors (Lipinski definition) is 5. The Kier molecular flexibility index (Phi) is 4.81. The summed E-state index contributed by atoms with van der Waals surface area (Å²) in [5.41, 5.74) is 0. The van der Waals surface area contributed by atoms with Gasteiger partial charge in [-0.15, -0.1) is 0 Å². The fourth-order valence-electron chi connectivity index (χ4n) is 1.47. The van der Waals surface area contributed by atoms with E-state index in [9.17, 15) is 5.11 Å². The summed E-state index contributed by atoms with van der Waals surface area (Å²) in [6.07, 6.45) is -0.444. The summed E-state index contributed by atoms with van der Waals surface area (Å²) >= 11 is 0. The fourth-order valence-corrected chi connectivity index (χ4v) is 1.47. The Hall–Kier alpha value is -1.30. The molecule has 0 aliphatic carbocycles. The van der Waals surface area contributed by atoms with Crippen molar-refractivity contribution < 1.29 is 24.1 Å². The maximum Gasteiger partial charge on any atom is 0.161 e. The molecule has 0 bridgehead atoms. The number of benzene rings is 1. The number of epoxide rings is 1. The first kappa shape index (κ1) is 13.1. The number of hydrogen-bond donors (Lipinski definition) is 1. The van der Waals surface area contributed by atoms with Crippen LogP contribution in [0.15, 0.2) is 24.3 Å². The first-order valence-electron chi connectivity index (χ1n) is 5.93. The van der Waals surface area contributed by atoms with E-state index in [0.29, 0.717) is 18.1 Å². The second kappa shape index (κ2) is 6.58. The summed E-state index contributed by atoms with van der Waals surface area (Å²) in [6.45, 7) is 1.71. The van der Waals surface area contributed by atoms with E-state index >= 15 is 0 Å². The third-order valence-corrected chi connectivity index (χ3v) is 2.52. The van der Waals surface area contributed by atoms with Crippen LogP contribution in [0.25, 0.3) is 0 Å². The van der Waals surface area contributed by atoms with Gasteiger partial charge in [0.05, 0.1) is 26.9 Å². The standard InChI is InChI=1S/C13H18O5/c1-15-12-4-2-3-5-13(12)18-7-10(14)6-16-8-11-9-17-11/h2-5,10-11,14H,6-9H2,1H3. The van der Waals surface area contributed by atoms with Gasteiger partial charge in [-0.1, -0.05) is 12.1 Å². The lowest BCUT2D eigenvalue weighted by molar-refractivity contribution is 0.00720. The molecule has 1 heterocycles. The van der Waals surface area contributed by atoms with Crippen molar-refractivity contribution in [3.8, 4) is 11.5 Å². The predicted octanol–water partition coefficient (Wildman–Crippen LogP) is 0.850. The second-order valence-electron chi connectivity index (χ2n) is 4.11. The van der Waals surface area contributed by atoms with Crippen LogP contribution in [0.4, 0.5) is 0 Å². The number of methoxy groups -OCH3 is 1. The maximum atomic E-state index is 9.68. The summed E-state index contributed by atoms with van der Waals surface area (Å²) < 4.78 is 20.9. The minimum Gasteiger partial charge on any atom is -0.493 e. The van der Waals surface area contributed by atoms with Gasteiger partial charge in [-0.25, -0.2) is 0 Å². The quantitative estimate of drug-likeness (QED) is 0.697. The molecule has 2 rings (SSSR count). The first-order valence-corrected chi connectivity index (χ1v) is 5.93. The largest absolute Gasteiger partial charge is 0.493 e. The molecular formula is C13H18O5. The highest BCUT2D eigenvalue weighted by Gasteiger charge is 2.22. The van der Waals surface area contributed by atoms with Gasteiger partial charge in [-0.3, -0.25) is 0 Å². The molecule has 1 aliphatic heterocycles. The van der Waals surface area contributed by atoms with E-state index in [4.69, 9.17) is 18.9 Å². The van der Waals surface area contributed by atoms with Gasteiger partial charge in [-0.2, -0.15) is 0 Å². The zero-order chi connectivity index (χ0) is 12.8. The molecule has 5 heteroatoms. The zero-order valence-corrected chi connectivity index (χ0v) is 10.4. The van der Waals surface area contributed by atoms with Crippen molar-refractivity contribution in [1.82, 2.24) is 0 Å². The van der Waals surface area contributed by atoms with Gasteiger partial charge >= 0.3 is 0 Å². The van der Waals surface area contributed by atoms with E-state index in [-0.39, 0.29) is 19.3 Å². The molecule has 2 unspecified atom stereocenters. The topological polar surface area (TPSA) is 60.5 Å². The van der Waals surface area contributed by atoms with E-state index in [1.54, 1.807) is 13.2 Å². The Balaban J connectivity index is 1.68. The van der Waals surface area contributed by atoms with Crippen LogP contribution in [0.1, 0.15) is 0 Å². The number of aliphatic hydroxyl groups excluding tert-OH is 1. The molecule has 1 aromatic rings. The summed E-state index contributed by atoms with van der Waals surface area (Å²) in [5.74, 6) is 1.27. The molecular weight excluding hydrogens is 236 g/mol. The second-order valence-corrected chi connectivity index (χ2v) is 4.11. The fraction of sp³-hybridized carbons (Fsp3) is 0.538. The van der Waals surface area contributed by atoms with Gasteiger partial charge in [-0.05, 0) is 12.1 Å². The highest BCUT2D eigenvalue weighted by Crippen LogP contribution is 2.25. The predicted molar refractivity (Wildman–Crippen MR) is 65.1 cm³/mol. The molecule has 1 saturated heterocycles. The van der Waals surface area contributed by atoms with Gasteiger partial charge in [0, 0.05) is 0 Å². The van der Waals surface area contributed by atoms with Gasteiger partial charge in [0.25, 0.3) is 0 Å². The highest BCUT2D eigenvalue weighted by molar-refractivity contribution is 5.39. The van der Waals surface area contributed by atoms with Crippen molar-refractivity contribution in [2.24, 2.45) is 0 Å². The lowest BCUT2D eigenvalue weighted by atomic mass is 10.3. The zero-order valence-electron chi connectivity index (χ0n) is 10.4. The van der Waals surface area contributed by atoms with Crippen LogP contribution >= 0.6 is 0 Å². The lowest BCUT2D eigenvalue weighted by Crippen LogP contribution is -2.24. The summed E-state index contributed by atoms with van der Waals surface area (Å²) in [6, 6.07) is 7.32. The molecule has 1 fully saturated rings. The van der Waals surface area contributed by atoms with Gasteiger partial charge in [0.15, 0.2) is 11.5 Å². The Morgan fingerprint density at radius 2 is 2.06 bits per heavy atom. The van der Waals surface area contributed by atoms with Crippen molar-refractivity contribution in [3.63, 3.8) is 0 Å². The van der Waals surface area contributed by atoms with E-state index in [2.05, 4.69) is 0 Å². The Morgan fingerprint density at radius 1 is 1.33 bits per heavy atom. The van der Waals surface area contributed by atoms with Crippen LogP contribution in [0.2, 0.25) is 0 Å². The summed E-state index contributed by atoms with van der Waals surface area (Å²) in [7, 11) is 1.58. The van der Waals surface area contributed by atoms with Crippen molar-refractivity contribution in [1.29, 1.82) is 0 Å². The number of para-hydroxylation sites is 2. The maximum absolute atomic E-state index is 9.68. The van der Waals surface area contributed by atoms with E-state index in [1.165, 1.54) is 0 Å². The number of ether oxygens (including phenoxy) is 4. The van der Waals surface area contributed by atoms with E-state index in [0.717, 1.165) is 6.61 Å². The van der Waals surface area contributed by atoms with Crippen molar-refractivity contribution in [2.45, 2.75) is 12.2 Å². The molecule has 18 heavy (non-hydrogen) atoms. The highest BCUT2D eigenvalue weighted by atomic mass is 16.6.